The maximum atomic E-state index is 11.8. The molecule has 0 fully saturated rings. The summed E-state index contributed by atoms with van der Waals surface area (Å²) in [6.07, 6.45) is -1.77. The standard InChI is InChI=1S/C18H20N2O4/c19-17(22)16(15(21)11-13-7-3-1-4-8-13)20-18(23)24-12-14-9-5-2-6-10-14/h1-10,15-16,21H,11-12H2,(H2,19,22)(H,20,23). The Balaban J connectivity index is 1.90. The lowest BCUT2D eigenvalue weighted by atomic mass is 10.0. The van der Waals surface area contributed by atoms with Gasteiger partial charge in [-0.05, 0) is 11.1 Å². The number of ether oxygens (including phenoxy) is 1. The van der Waals surface area contributed by atoms with E-state index in [-0.39, 0.29) is 13.0 Å². The molecule has 0 saturated carbocycles. The summed E-state index contributed by atoms with van der Waals surface area (Å²) in [5.41, 5.74) is 6.92. The third-order valence-corrected chi connectivity index (χ3v) is 3.47. The summed E-state index contributed by atoms with van der Waals surface area (Å²) in [5.74, 6) is -0.824. The van der Waals surface area contributed by atoms with Crippen LogP contribution in [0.15, 0.2) is 60.7 Å². The van der Waals surface area contributed by atoms with E-state index < -0.39 is 24.1 Å². The summed E-state index contributed by atoms with van der Waals surface area (Å²) in [5, 5.41) is 12.5. The number of hydrogen-bond acceptors (Lipinski definition) is 4. The first-order valence-electron chi connectivity index (χ1n) is 7.55. The lowest BCUT2D eigenvalue weighted by Gasteiger charge is -2.21. The highest BCUT2D eigenvalue weighted by molar-refractivity contribution is 5.84. The molecule has 0 saturated heterocycles. The number of aliphatic hydroxyl groups excluding tert-OH is 1. The van der Waals surface area contributed by atoms with E-state index in [0.717, 1.165) is 11.1 Å². The molecule has 0 aromatic heterocycles. The molecule has 0 heterocycles. The second-order valence-electron chi connectivity index (χ2n) is 5.34. The van der Waals surface area contributed by atoms with E-state index in [1.165, 1.54) is 0 Å². The zero-order valence-corrected chi connectivity index (χ0v) is 13.1. The molecule has 0 radical (unpaired) electrons. The number of primary amides is 1. The maximum Gasteiger partial charge on any atom is 0.408 e. The van der Waals surface area contributed by atoms with Gasteiger partial charge < -0.3 is 20.9 Å². The maximum absolute atomic E-state index is 11.8. The van der Waals surface area contributed by atoms with Crippen molar-refractivity contribution in [1.82, 2.24) is 5.32 Å². The summed E-state index contributed by atoms with van der Waals surface area (Å²) in [4.78, 5) is 23.4. The van der Waals surface area contributed by atoms with Gasteiger partial charge >= 0.3 is 6.09 Å². The Bertz CT molecular complexity index is 661. The Morgan fingerprint density at radius 3 is 2.08 bits per heavy atom. The Hall–Kier alpha value is -2.86. The van der Waals surface area contributed by atoms with Crippen LogP contribution in [0.5, 0.6) is 0 Å². The zero-order chi connectivity index (χ0) is 17.4. The highest BCUT2D eigenvalue weighted by atomic mass is 16.5. The number of benzene rings is 2. The van der Waals surface area contributed by atoms with Crippen molar-refractivity contribution < 1.29 is 19.4 Å². The second-order valence-corrected chi connectivity index (χ2v) is 5.34. The molecular weight excluding hydrogens is 308 g/mol. The molecule has 126 valence electrons. The molecular formula is C18H20N2O4. The molecule has 2 aromatic carbocycles. The number of nitrogens with two attached hydrogens (primary N) is 1. The summed E-state index contributed by atoms with van der Waals surface area (Å²) >= 11 is 0. The van der Waals surface area contributed by atoms with Crippen LogP contribution in [0.4, 0.5) is 4.79 Å². The summed E-state index contributed by atoms with van der Waals surface area (Å²) in [6.45, 7) is 0.0624. The summed E-state index contributed by atoms with van der Waals surface area (Å²) in [7, 11) is 0. The average Bonchev–Trinajstić information content (AvgIpc) is 2.59. The van der Waals surface area contributed by atoms with Crippen molar-refractivity contribution in [3.63, 3.8) is 0 Å². The van der Waals surface area contributed by atoms with Gasteiger partial charge in [-0.15, -0.1) is 0 Å². The highest BCUT2D eigenvalue weighted by Gasteiger charge is 2.27. The minimum Gasteiger partial charge on any atom is -0.445 e. The number of hydrogen-bond donors (Lipinski definition) is 3. The van der Waals surface area contributed by atoms with E-state index in [1.807, 2.05) is 60.7 Å². The first kappa shape index (κ1) is 17.5. The number of rotatable bonds is 7. The first-order chi connectivity index (χ1) is 11.6. The molecule has 2 aromatic rings. The van der Waals surface area contributed by atoms with E-state index in [2.05, 4.69) is 5.32 Å². The minimum atomic E-state index is -1.23. The highest BCUT2D eigenvalue weighted by Crippen LogP contribution is 2.07. The normalized spacial score (nSPS) is 12.9. The lowest BCUT2D eigenvalue weighted by Crippen LogP contribution is -2.52. The van der Waals surface area contributed by atoms with Crippen LogP contribution in [0.1, 0.15) is 11.1 Å². The monoisotopic (exact) mass is 328 g/mol. The van der Waals surface area contributed by atoms with Crippen molar-refractivity contribution in [3.8, 4) is 0 Å². The van der Waals surface area contributed by atoms with Gasteiger partial charge in [0, 0.05) is 6.42 Å². The number of amides is 2. The topological polar surface area (TPSA) is 102 Å². The SMILES string of the molecule is NC(=O)C(NC(=O)OCc1ccccc1)C(O)Cc1ccccc1. The average molecular weight is 328 g/mol. The second kappa shape index (κ2) is 8.69. The van der Waals surface area contributed by atoms with E-state index in [4.69, 9.17) is 10.5 Å². The summed E-state index contributed by atoms with van der Waals surface area (Å²) in [6, 6.07) is 17.0. The first-order valence-corrected chi connectivity index (χ1v) is 7.55. The Morgan fingerprint density at radius 2 is 1.54 bits per heavy atom. The molecule has 0 spiro atoms. The van der Waals surface area contributed by atoms with Gasteiger partial charge in [0.1, 0.15) is 12.6 Å². The molecule has 2 atom stereocenters. The molecule has 2 amide bonds. The number of aliphatic hydroxyl groups is 1. The number of carbonyl (C=O) groups excluding carboxylic acids is 2. The number of nitrogens with one attached hydrogen (secondary N) is 1. The molecule has 24 heavy (non-hydrogen) atoms. The molecule has 2 unspecified atom stereocenters. The van der Waals surface area contributed by atoms with E-state index in [9.17, 15) is 14.7 Å². The molecule has 2 rings (SSSR count). The summed E-state index contributed by atoms with van der Waals surface area (Å²) < 4.78 is 5.04. The minimum absolute atomic E-state index is 0.0624. The quantitative estimate of drug-likeness (QED) is 0.714. The molecule has 6 heteroatoms. The van der Waals surface area contributed by atoms with E-state index in [1.54, 1.807) is 0 Å². The lowest BCUT2D eigenvalue weighted by molar-refractivity contribution is -0.122. The van der Waals surface area contributed by atoms with Gasteiger partial charge in [0.2, 0.25) is 5.91 Å². The van der Waals surface area contributed by atoms with Crippen LogP contribution in [-0.4, -0.2) is 29.3 Å². The molecule has 0 aliphatic carbocycles. The van der Waals surface area contributed by atoms with Gasteiger partial charge in [-0.3, -0.25) is 4.79 Å². The van der Waals surface area contributed by atoms with Crippen molar-refractivity contribution in [3.05, 3.63) is 71.8 Å². The van der Waals surface area contributed by atoms with Crippen molar-refractivity contribution in [1.29, 1.82) is 0 Å². The largest absolute Gasteiger partial charge is 0.445 e. The van der Waals surface area contributed by atoms with Crippen molar-refractivity contribution in [2.45, 2.75) is 25.2 Å². The molecule has 0 bridgehead atoms. The third kappa shape index (κ3) is 5.40. The van der Waals surface area contributed by atoms with Crippen LogP contribution in [0, 0.1) is 0 Å². The van der Waals surface area contributed by atoms with Gasteiger partial charge in [-0.25, -0.2) is 4.79 Å². The molecule has 6 nitrogen and oxygen atoms in total. The fourth-order valence-corrected chi connectivity index (χ4v) is 2.22. The van der Waals surface area contributed by atoms with Crippen LogP contribution < -0.4 is 11.1 Å². The number of carbonyl (C=O) groups is 2. The van der Waals surface area contributed by atoms with Gasteiger partial charge in [0.15, 0.2) is 0 Å². The van der Waals surface area contributed by atoms with Crippen LogP contribution in [0.25, 0.3) is 0 Å². The number of alkyl carbamates (subject to hydrolysis) is 1. The van der Waals surface area contributed by atoms with Gasteiger partial charge in [0.25, 0.3) is 0 Å². The van der Waals surface area contributed by atoms with E-state index >= 15 is 0 Å². The van der Waals surface area contributed by atoms with Gasteiger partial charge in [-0.2, -0.15) is 0 Å². The van der Waals surface area contributed by atoms with Crippen LogP contribution >= 0.6 is 0 Å². The smallest absolute Gasteiger partial charge is 0.408 e. The Morgan fingerprint density at radius 1 is 1.00 bits per heavy atom. The van der Waals surface area contributed by atoms with Crippen LogP contribution in [0.2, 0.25) is 0 Å². The fraction of sp³-hybridized carbons (Fsp3) is 0.222. The Kier molecular flexibility index (Phi) is 6.33. The zero-order valence-electron chi connectivity index (χ0n) is 13.1. The van der Waals surface area contributed by atoms with Crippen molar-refractivity contribution in [2.24, 2.45) is 5.73 Å². The fourth-order valence-electron chi connectivity index (χ4n) is 2.22. The molecule has 4 N–H and O–H groups in total. The van der Waals surface area contributed by atoms with Gasteiger partial charge in [0.05, 0.1) is 6.10 Å². The van der Waals surface area contributed by atoms with Crippen molar-refractivity contribution >= 4 is 12.0 Å². The predicted octanol–water partition coefficient (Wildman–Crippen LogP) is 1.37. The third-order valence-electron chi connectivity index (χ3n) is 3.47. The molecule has 0 aliphatic heterocycles. The van der Waals surface area contributed by atoms with Crippen LogP contribution in [0.3, 0.4) is 0 Å². The van der Waals surface area contributed by atoms with Crippen LogP contribution in [-0.2, 0) is 22.6 Å². The van der Waals surface area contributed by atoms with E-state index in [0.29, 0.717) is 0 Å². The Labute approximate surface area is 140 Å². The predicted molar refractivity (Wildman–Crippen MR) is 88.9 cm³/mol. The molecule has 0 aliphatic rings. The van der Waals surface area contributed by atoms with Crippen molar-refractivity contribution in [2.75, 3.05) is 0 Å². The van der Waals surface area contributed by atoms with Gasteiger partial charge in [-0.1, -0.05) is 60.7 Å².